The number of anilines is 1. The number of carbonyl (C=O) groups excluding carboxylic acids is 2. The number of benzene rings is 1. The first-order valence-corrected chi connectivity index (χ1v) is 6.55. The van der Waals surface area contributed by atoms with Crippen LogP contribution in [-0.2, 0) is 9.59 Å². The van der Waals surface area contributed by atoms with Gasteiger partial charge in [-0.05, 0) is 18.2 Å². The number of carbonyl (C=O) groups is 3. The molecule has 21 heavy (non-hydrogen) atoms. The van der Waals surface area contributed by atoms with Crippen molar-refractivity contribution in [3.05, 3.63) is 22.7 Å². The number of amides is 3. The fraction of sp³-hybridized carbons (Fsp3) is 0.250. The number of urea groups is 1. The number of primary amides is 1. The van der Waals surface area contributed by atoms with Gasteiger partial charge < -0.3 is 26.2 Å². The van der Waals surface area contributed by atoms with Crippen molar-refractivity contribution in [3.8, 4) is 5.75 Å². The molecular weight excluding hydrogens is 346 g/mol. The van der Waals surface area contributed by atoms with Gasteiger partial charge in [-0.3, -0.25) is 4.79 Å². The van der Waals surface area contributed by atoms with E-state index in [0.29, 0.717) is 15.9 Å². The van der Waals surface area contributed by atoms with E-state index in [4.69, 9.17) is 15.6 Å². The molecule has 0 aliphatic rings. The number of rotatable bonds is 6. The van der Waals surface area contributed by atoms with Crippen LogP contribution >= 0.6 is 15.9 Å². The second kappa shape index (κ2) is 7.48. The van der Waals surface area contributed by atoms with Crippen molar-refractivity contribution in [1.82, 2.24) is 5.32 Å². The molecule has 9 heteroatoms. The van der Waals surface area contributed by atoms with Crippen LogP contribution in [0, 0.1) is 0 Å². The summed E-state index contributed by atoms with van der Waals surface area (Å²) in [5.41, 5.74) is 5.27. The summed E-state index contributed by atoms with van der Waals surface area (Å²) in [5, 5.41) is 13.5. The number of carboxylic acids is 1. The van der Waals surface area contributed by atoms with E-state index in [1.807, 2.05) is 0 Å². The number of halogens is 1. The molecule has 0 bridgehead atoms. The third-order valence-corrected chi connectivity index (χ3v) is 2.91. The average molecular weight is 360 g/mol. The van der Waals surface area contributed by atoms with Crippen molar-refractivity contribution in [2.45, 2.75) is 12.5 Å². The van der Waals surface area contributed by atoms with Gasteiger partial charge in [0.15, 0.2) is 0 Å². The highest BCUT2D eigenvalue weighted by Gasteiger charge is 2.22. The Kier molecular flexibility index (Phi) is 5.97. The van der Waals surface area contributed by atoms with Crippen molar-refractivity contribution in [2.24, 2.45) is 5.73 Å². The highest BCUT2D eigenvalue weighted by molar-refractivity contribution is 9.10. The lowest BCUT2D eigenvalue weighted by molar-refractivity contribution is -0.140. The molecule has 1 aromatic rings. The Morgan fingerprint density at radius 3 is 2.62 bits per heavy atom. The largest absolute Gasteiger partial charge is 0.495 e. The summed E-state index contributed by atoms with van der Waals surface area (Å²) in [6.07, 6.45) is -0.502. The lowest BCUT2D eigenvalue weighted by Crippen LogP contribution is -2.45. The number of hydrogen-bond acceptors (Lipinski definition) is 4. The van der Waals surface area contributed by atoms with Gasteiger partial charge in [0.05, 0.1) is 19.2 Å². The van der Waals surface area contributed by atoms with Crippen LogP contribution in [0.1, 0.15) is 6.42 Å². The molecule has 1 rings (SSSR count). The molecule has 0 heterocycles. The lowest BCUT2D eigenvalue weighted by Gasteiger charge is -2.15. The quantitative estimate of drug-likeness (QED) is 0.599. The molecular formula is C12H14BrN3O5. The van der Waals surface area contributed by atoms with Gasteiger partial charge >= 0.3 is 12.0 Å². The van der Waals surface area contributed by atoms with Crippen LogP contribution in [0.4, 0.5) is 10.5 Å². The Morgan fingerprint density at radius 1 is 1.43 bits per heavy atom. The van der Waals surface area contributed by atoms with Crippen LogP contribution in [0.3, 0.4) is 0 Å². The molecule has 0 aromatic heterocycles. The third-order valence-electron chi connectivity index (χ3n) is 2.42. The summed E-state index contributed by atoms with van der Waals surface area (Å²) in [5.74, 6) is -1.79. The van der Waals surface area contributed by atoms with Gasteiger partial charge in [-0.15, -0.1) is 0 Å². The molecule has 8 nitrogen and oxygen atoms in total. The van der Waals surface area contributed by atoms with Gasteiger partial charge in [0, 0.05) is 4.47 Å². The van der Waals surface area contributed by atoms with Crippen molar-refractivity contribution in [1.29, 1.82) is 0 Å². The predicted molar refractivity (Wildman–Crippen MR) is 78.1 cm³/mol. The van der Waals surface area contributed by atoms with Crippen molar-refractivity contribution in [3.63, 3.8) is 0 Å². The van der Waals surface area contributed by atoms with Crippen LogP contribution in [0.2, 0.25) is 0 Å². The van der Waals surface area contributed by atoms with Crippen molar-refractivity contribution < 1.29 is 24.2 Å². The van der Waals surface area contributed by atoms with Gasteiger partial charge in [-0.25, -0.2) is 9.59 Å². The van der Waals surface area contributed by atoms with E-state index in [2.05, 4.69) is 26.6 Å². The number of nitrogens with two attached hydrogens (primary N) is 1. The number of hydrogen-bond donors (Lipinski definition) is 4. The monoisotopic (exact) mass is 359 g/mol. The summed E-state index contributed by atoms with van der Waals surface area (Å²) in [7, 11) is 1.43. The van der Waals surface area contributed by atoms with Gasteiger partial charge in [-0.1, -0.05) is 15.9 Å². The van der Waals surface area contributed by atoms with Crippen molar-refractivity contribution in [2.75, 3.05) is 12.4 Å². The smallest absolute Gasteiger partial charge is 0.326 e. The van der Waals surface area contributed by atoms with Crippen molar-refractivity contribution >= 4 is 39.5 Å². The molecule has 1 aromatic carbocycles. The zero-order valence-corrected chi connectivity index (χ0v) is 12.6. The maximum atomic E-state index is 11.8. The SMILES string of the molecule is COc1ccc(Br)cc1NC(=O)NC(CC(N)=O)C(=O)O. The highest BCUT2D eigenvalue weighted by atomic mass is 79.9. The second-order valence-corrected chi connectivity index (χ2v) is 4.92. The first-order valence-electron chi connectivity index (χ1n) is 5.75. The minimum Gasteiger partial charge on any atom is -0.495 e. The number of ether oxygens (including phenoxy) is 1. The predicted octanol–water partition coefficient (Wildman–Crippen LogP) is 0.908. The molecule has 0 spiro atoms. The zero-order chi connectivity index (χ0) is 16.0. The fourth-order valence-corrected chi connectivity index (χ4v) is 1.86. The molecule has 114 valence electrons. The Balaban J connectivity index is 2.78. The van der Waals surface area contributed by atoms with Gasteiger partial charge in [-0.2, -0.15) is 0 Å². The summed E-state index contributed by atoms with van der Waals surface area (Å²) < 4.78 is 5.76. The summed E-state index contributed by atoms with van der Waals surface area (Å²) in [4.78, 5) is 33.5. The highest BCUT2D eigenvalue weighted by Crippen LogP contribution is 2.27. The Labute approximate surface area is 128 Å². The van der Waals surface area contributed by atoms with E-state index in [9.17, 15) is 14.4 Å². The normalized spacial score (nSPS) is 11.3. The standard InChI is InChI=1S/C12H14BrN3O5/c1-21-9-3-2-6(13)4-7(9)15-12(20)16-8(11(18)19)5-10(14)17/h2-4,8H,5H2,1H3,(H2,14,17)(H,18,19)(H2,15,16,20). The van der Waals surface area contributed by atoms with E-state index < -0.39 is 30.4 Å². The molecule has 0 fully saturated rings. The van der Waals surface area contributed by atoms with Gasteiger partial charge in [0.25, 0.3) is 0 Å². The van der Waals surface area contributed by atoms with Crippen LogP contribution in [0.15, 0.2) is 22.7 Å². The number of methoxy groups -OCH3 is 1. The molecule has 1 unspecified atom stereocenters. The molecule has 0 saturated carbocycles. The first-order chi connectivity index (χ1) is 9.83. The number of carboxylic acid groups (broad SMARTS) is 1. The third kappa shape index (κ3) is 5.30. The number of nitrogens with one attached hydrogen (secondary N) is 2. The average Bonchev–Trinajstić information content (AvgIpc) is 2.37. The molecule has 0 radical (unpaired) electrons. The molecule has 1 atom stereocenters. The van der Waals surface area contributed by atoms with Crippen LogP contribution in [0.25, 0.3) is 0 Å². The molecule has 0 aliphatic heterocycles. The summed E-state index contributed by atoms with van der Waals surface area (Å²) in [6.45, 7) is 0. The Morgan fingerprint density at radius 2 is 2.10 bits per heavy atom. The molecule has 3 amide bonds. The minimum absolute atomic E-state index is 0.340. The Bertz CT molecular complexity index is 564. The maximum absolute atomic E-state index is 11.8. The maximum Gasteiger partial charge on any atom is 0.326 e. The first kappa shape index (κ1) is 16.8. The van der Waals surface area contributed by atoms with Crippen LogP contribution < -0.4 is 21.1 Å². The van der Waals surface area contributed by atoms with Crippen LogP contribution in [-0.4, -0.2) is 36.2 Å². The molecule has 0 saturated heterocycles. The number of aliphatic carboxylic acids is 1. The van der Waals surface area contributed by atoms with Crippen LogP contribution in [0.5, 0.6) is 5.75 Å². The Hall–Kier alpha value is -2.29. The topological polar surface area (TPSA) is 131 Å². The van der Waals surface area contributed by atoms with Gasteiger partial charge in [0.2, 0.25) is 5.91 Å². The van der Waals surface area contributed by atoms with E-state index in [0.717, 1.165) is 0 Å². The van der Waals surface area contributed by atoms with E-state index >= 15 is 0 Å². The van der Waals surface area contributed by atoms with Gasteiger partial charge in [0.1, 0.15) is 11.8 Å². The second-order valence-electron chi connectivity index (χ2n) is 4.00. The summed E-state index contributed by atoms with van der Waals surface area (Å²) >= 11 is 3.24. The van der Waals surface area contributed by atoms with E-state index in [1.54, 1.807) is 18.2 Å². The molecule has 0 aliphatic carbocycles. The zero-order valence-electron chi connectivity index (χ0n) is 11.1. The van der Waals surface area contributed by atoms with E-state index in [-0.39, 0.29) is 0 Å². The lowest BCUT2D eigenvalue weighted by atomic mass is 10.2. The molecule has 5 N–H and O–H groups in total. The summed E-state index contributed by atoms with van der Waals surface area (Å²) in [6, 6.07) is 2.73. The minimum atomic E-state index is -1.40. The van der Waals surface area contributed by atoms with E-state index in [1.165, 1.54) is 7.11 Å². The fourth-order valence-electron chi connectivity index (χ4n) is 1.50.